The lowest BCUT2D eigenvalue weighted by Crippen LogP contribution is -2.44. The van der Waals surface area contributed by atoms with Gasteiger partial charge in [0, 0.05) is 45.1 Å². The van der Waals surface area contributed by atoms with E-state index in [2.05, 4.69) is 10.2 Å². The second kappa shape index (κ2) is 13.9. The highest BCUT2D eigenvalue weighted by atomic mass is 16.5. The number of Topliss-reactive ketones (excluding diaryl/α,β-unsaturated/α-hetero) is 1. The molecule has 1 fully saturated rings. The summed E-state index contributed by atoms with van der Waals surface area (Å²) in [6.07, 6.45) is 1.40. The highest BCUT2D eigenvalue weighted by Crippen LogP contribution is 2.04. The molecule has 0 bridgehead atoms. The number of piperazine rings is 1. The summed E-state index contributed by atoms with van der Waals surface area (Å²) in [6, 6.07) is 0. The predicted molar refractivity (Wildman–Crippen MR) is 90.8 cm³/mol. The first-order valence-corrected chi connectivity index (χ1v) is 8.93. The summed E-state index contributed by atoms with van der Waals surface area (Å²) < 4.78 is 16.4. The molecule has 1 aliphatic rings. The highest BCUT2D eigenvalue weighted by molar-refractivity contribution is 5.80. The van der Waals surface area contributed by atoms with Gasteiger partial charge >= 0.3 is 0 Å². The molecule has 0 aromatic heterocycles. The number of carbonyl (C=O) groups is 1. The van der Waals surface area contributed by atoms with Gasteiger partial charge in [-0.3, -0.25) is 9.69 Å². The molecule has 0 saturated carbocycles. The van der Waals surface area contributed by atoms with Crippen molar-refractivity contribution < 1.29 is 19.0 Å². The highest BCUT2D eigenvalue weighted by Gasteiger charge is 2.10. The van der Waals surface area contributed by atoms with Gasteiger partial charge in [-0.25, -0.2) is 0 Å². The van der Waals surface area contributed by atoms with Crippen molar-refractivity contribution in [3.63, 3.8) is 0 Å². The number of ketones is 1. The van der Waals surface area contributed by atoms with E-state index in [1.165, 1.54) is 0 Å². The monoisotopic (exact) mass is 330 g/mol. The van der Waals surface area contributed by atoms with E-state index in [0.29, 0.717) is 39.5 Å². The fraction of sp³-hybridized carbons (Fsp3) is 0.941. The van der Waals surface area contributed by atoms with Crippen molar-refractivity contribution in [3.8, 4) is 0 Å². The fourth-order valence-electron chi connectivity index (χ4n) is 2.32. The van der Waals surface area contributed by atoms with Crippen molar-refractivity contribution in [2.75, 3.05) is 72.4 Å². The maximum Gasteiger partial charge on any atom is 0.137 e. The van der Waals surface area contributed by atoms with Gasteiger partial charge in [0.1, 0.15) is 5.78 Å². The van der Waals surface area contributed by atoms with Crippen LogP contribution in [-0.2, 0) is 19.0 Å². The molecule has 1 aliphatic heterocycles. The van der Waals surface area contributed by atoms with E-state index in [-0.39, 0.29) is 11.7 Å². The minimum absolute atomic E-state index is 0.146. The zero-order valence-corrected chi connectivity index (χ0v) is 14.8. The number of ether oxygens (including phenoxy) is 3. The first-order valence-electron chi connectivity index (χ1n) is 8.93. The van der Waals surface area contributed by atoms with Crippen LogP contribution in [0.2, 0.25) is 0 Å². The second-order valence-corrected chi connectivity index (χ2v) is 5.95. The molecule has 6 heteroatoms. The lowest BCUT2D eigenvalue weighted by atomic mass is 10.0. The summed E-state index contributed by atoms with van der Waals surface area (Å²) in [5, 5.41) is 3.34. The molecule has 0 aromatic rings. The van der Waals surface area contributed by atoms with Crippen molar-refractivity contribution in [1.29, 1.82) is 0 Å². The zero-order chi connectivity index (χ0) is 16.8. The van der Waals surface area contributed by atoms with E-state index in [1.807, 2.05) is 13.8 Å². The number of carbonyl (C=O) groups excluding carboxylic acids is 1. The average Bonchev–Trinajstić information content (AvgIpc) is 2.59. The van der Waals surface area contributed by atoms with Crippen molar-refractivity contribution in [3.05, 3.63) is 0 Å². The number of hydrogen-bond acceptors (Lipinski definition) is 6. The number of nitrogens with one attached hydrogen (secondary N) is 1. The molecule has 0 amide bonds. The van der Waals surface area contributed by atoms with Crippen molar-refractivity contribution >= 4 is 5.78 Å². The minimum atomic E-state index is 0.146. The maximum absolute atomic E-state index is 11.6. The zero-order valence-electron chi connectivity index (χ0n) is 14.8. The van der Waals surface area contributed by atoms with Gasteiger partial charge in [0.25, 0.3) is 0 Å². The molecule has 0 aromatic carbocycles. The molecule has 1 N–H and O–H groups in total. The smallest absolute Gasteiger partial charge is 0.137 e. The Hall–Kier alpha value is -0.530. The number of hydrogen-bond donors (Lipinski definition) is 1. The van der Waals surface area contributed by atoms with E-state index in [4.69, 9.17) is 14.2 Å². The summed E-state index contributed by atoms with van der Waals surface area (Å²) in [5.74, 6) is 0.430. The van der Waals surface area contributed by atoms with E-state index in [9.17, 15) is 4.79 Å². The van der Waals surface area contributed by atoms with Crippen LogP contribution in [0, 0.1) is 5.92 Å². The van der Waals surface area contributed by atoms with Crippen molar-refractivity contribution in [2.24, 2.45) is 5.92 Å². The van der Waals surface area contributed by atoms with E-state index < -0.39 is 0 Å². The SMILES string of the molecule is CCC(C)C(=O)CCOCCOCCOCCN1CCNCC1. The molecule has 0 spiro atoms. The molecular formula is C17H34N2O4. The van der Waals surface area contributed by atoms with Gasteiger partial charge in [-0.15, -0.1) is 0 Å². The van der Waals surface area contributed by atoms with Gasteiger partial charge in [-0.05, 0) is 6.42 Å². The van der Waals surface area contributed by atoms with Crippen LogP contribution < -0.4 is 5.32 Å². The third kappa shape index (κ3) is 10.8. The summed E-state index contributed by atoms with van der Waals surface area (Å²) in [5.41, 5.74) is 0. The molecular weight excluding hydrogens is 296 g/mol. The van der Waals surface area contributed by atoms with Crippen LogP contribution in [0.25, 0.3) is 0 Å². The van der Waals surface area contributed by atoms with E-state index in [1.54, 1.807) is 0 Å². The van der Waals surface area contributed by atoms with Crippen molar-refractivity contribution in [1.82, 2.24) is 10.2 Å². The molecule has 0 aliphatic carbocycles. The Morgan fingerprint density at radius 3 is 2.17 bits per heavy atom. The third-order valence-electron chi connectivity index (χ3n) is 4.16. The van der Waals surface area contributed by atoms with Crippen LogP contribution >= 0.6 is 0 Å². The Balaban J connectivity index is 1.77. The summed E-state index contributed by atoms with van der Waals surface area (Å²) in [7, 11) is 0. The molecule has 1 heterocycles. The maximum atomic E-state index is 11.6. The van der Waals surface area contributed by atoms with Crippen LogP contribution in [0.1, 0.15) is 26.7 Å². The topological polar surface area (TPSA) is 60.0 Å². The van der Waals surface area contributed by atoms with Gasteiger partial charge in [0.15, 0.2) is 0 Å². The van der Waals surface area contributed by atoms with Gasteiger partial charge in [0.2, 0.25) is 0 Å². The molecule has 23 heavy (non-hydrogen) atoms. The molecule has 1 atom stereocenters. The third-order valence-corrected chi connectivity index (χ3v) is 4.16. The number of rotatable bonds is 14. The minimum Gasteiger partial charge on any atom is -0.379 e. The standard InChI is InChI=1S/C17H34N2O4/c1-3-16(2)17(20)4-10-21-12-14-23-15-13-22-11-9-19-7-5-18-6-8-19/h16,18H,3-15H2,1-2H3. The fourth-order valence-corrected chi connectivity index (χ4v) is 2.32. The molecule has 1 saturated heterocycles. The largest absolute Gasteiger partial charge is 0.379 e. The van der Waals surface area contributed by atoms with Gasteiger partial charge in [-0.2, -0.15) is 0 Å². The second-order valence-electron chi connectivity index (χ2n) is 5.95. The summed E-state index contributed by atoms with van der Waals surface area (Å²) >= 11 is 0. The van der Waals surface area contributed by atoms with Gasteiger partial charge in [-0.1, -0.05) is 13.8 Å². The Morgan fingerprint density at radius 2 is 1.57 bits per heavy atom. The quantitative estimate of drug-likeness (QED) is 0.479. The Morgan fingerprint density at radius 1 is 1.00 bits per heavy atom. The van der Waals surface area contributed by atoms with Crippen LogP contribution in [0.4, 0.5) is 0 Å². The van der Waals surface area contributed by atoms with Gasteiger partial charge in [0.05, 0.1) is 39.6 Å². The van der Waals surface area contributed by atoms with Crippen LogP contribution in [0.15, 0.2) is 0 Å². The van der Waals surface area contributed by atoms with Crippen molar-refractivity contribution in [2.45, 2.75) is 26.7 Å². The average molecular weight is 330 g/mol. The van der Waals surface area contributed by atoms with Crippen LogP contribution in [0.3, 0.4) is 0 Å². The lowest BCUT2D eigenvalue weighted by molar-refractivity contribution is -0.123. The summed E-state index contributed by atoms with van der Waals surface area (Å²) in [4.78, 5) is 14.0. The Bertz CT molecular complexity index is 296. The van der Waals surface area contributed by atoms with E-state index in [0.717, 1.165) is 45.8 Å². The first-order chi connectivity index (χ1) is 11.2. The molecule has 0 radical (unpaired) electrons. The number of nitrogens with zero attached hydrogens (tertiary/aromatic N) is 1. The Kier molecular flexibility index (Phi) is 12.4. The predicted octanol–water partition coefficient (Wildman–Crippen LogP) is 0.947. The van der Waals surface area contributed by atoms with E-state index >= 15 is 0 Å². The van der Waals surface area contributed by atoms with Crippen LogP contribution in [0.5, 0.6) is 0 Å². The van der Waals surface area contributed by atoms with Crippen LogP contribution in [-0.4, -0.2) is 83.0 Å². The van der Waals surface area contributed by atoms with Gasteiger partial charge < -0.3 is 19.5 Å². The molecule has 6 nitrogen and oxygen atoms in total. The molecule has 1 unspecified atom stereocenters. The molecule has 1 rings (SSSR count). The first kappa shape index (κ1) is 20.5. The Labute approximate surface area is 140 Å². The summed E-state index contributed by atoms with van der Waals surface area (Å²) in [6.45, 7) is 12.9. The normalized spacial score (nSPS) is 17.3. The lowest BCUT2D eigenvalue weighted by Gasteiger charge is -2.26. The molecule has 136 valence electrons.